The van der Waals surface area contributed by atoms with Crippen LogP contribution in [-0.4, -0.2) is 36.4 Å². The van der Waals surface area contributed by atoms with Gasteiger partial charge in [0.1, 0.15) is 5.75 Å². The average molecular weight is 516 g/mol. The van der Waals surface area contributed by atoms with E-state index in [0.717, 1.165) is 12.0 Å². The van der Waals surface area contributed by atoms with E-state index in [4.69, 9.17) is 4.74 Å². The van der Waals surface area contributed by atoms with Gasteiger partial charge in [0.25, 0.3) is 20.0 Å². The molecule has 0 spiro atoms. The summed E-state index contributed by atoms with van der Waals surface area (Å²) >= 11 is 0. The number of amides is 1. The predicted octanol–water partition coefficient (Wildman–Crippen LogP) is 3.73. The van der Waals surface area contributed by atoms with E-state index in [1.165, 1.54) is 43.5 Å². The van der Waals surface area contributed by atoms with Gasteiger partial charge in [0, 0.05) is 24.3 Å². The van der Waals surface area contributed by atoms with Gasteiger partial charge in [-0.2, -0.15) is 0 Å². The summed E-state index contributed by atoms with van der Waals surface area (Å²) in [6.07, 6.45) is 1.27. The lowest BCUT2D eigenvalue weighted by Crippen LogP contribution is -2.23. The molecule has 0 radical (unpaired) electrons. The molecule has 11 heteroatoms. The number of ether oxygens (including phenoxy) is 1. The second-order valence-corrected chi connectivity index (χ2v) is 11.4. The number of anilines is 3. The third-order valence-electron chi connectivity index (χ3n) is 5.55. The van der Waals surface area contributed by atoms with Crippen LogP contribution in [0.15, 0.2) is 76.5 Å². The summed E-state index contributed by atoms with van der Waals surface area (Å²) in [5.74, 6) is 0.396. The number of hydrogen-bond donors (Lipinski definition) is 2. The van der Waals surface area contributed by atoms with E-state index >= 15 is 0 Å². The van der Waals surface area contributed by atoms with Crippen LogP contribution in [0.25, 0.3) is 0 Å². The van der Waals surface area contributed by atoms with E-state index in [9.17, 15) is 21.6 Å². The lowest BCUT2D eigenvalue weighted by atomic mass is 10.2. The number of benzene rings is 3. The zero-order chi connectivity index (χ0) is 25.2. The van der Waals surface area contributed by atoms with Crippen molar-refractivity contribution in [2.75, 3.05) is 28.0 Å². The Morgan fingerprint density at radius 3 is 2.00 bits per heavy atom. The molecule has 3 aromatic rings. The summed E-state index contributed by atoms with van der Waals surface area (Å²) in [4.78, 5) is 13.5. The molecule has 9 nitrogen and oxygen atoms in total. The minimum Gasteiger partial charge on any atom is -0.495 e. The van der Waals surface area contributed by atoms with Crippen LogP contribution < -0.4 is 19.1 Å². The highest BCUT2D eigenvalue weighted by atomic mass is 32.2. The van der Waals surface area contributed by atoms with Crippen molar-refractivity contribution >= 4 is 43.0 Å². The zero-order valence-electron chi connectivity index (χ0n) is 19.2. The summed E-state index contributed by atoms with van der Waals surface area (Å²) in [6.45, 7) is 2.45. The summed E-state index contributed by atoms with van der Waals surface area (Å²) < 4.78 is 61.4. The molecular formula is C24H25N3O6S2. The van der Waals surface area contributed by atoms with E-state index < -0.39 is 20.0 Å². The molecule has 0 bridgehead atoms. The van der Waals surface area contributed by atoms with Crippen molar-refractivity contribution in [1.29, 1.82) is 0 Å². The fourth-order valence-corrected chi connectivity index (χ4v) is 5.87. The van der Waals surface area contributed by atoms with Gasteiger partial charge in [-0.25, -0.2) is 16.8 Å². The Morgan fingerprint density at radius 2 is 1.43 bits per heavy atom. The van der Waals surface area contributed by atoms with Crippen LogP contribution >= 0.6 is 0 Å². The van der Waals surface area contributed by atoms with Gasteiger partial charge in [0.05, 0.1) is 22.6 Å². The van der Waals surface area contributed by atoms with E-state index in [2.05, 4.69) is 9.44 Å². The fourth-order valence-electron chi connectivity index (χ4n) is 3.75. The minimum atomic E-state index is -3.93. The van der Waals surface area contributed by atoms with Crippen molar-refractivity contribution in [2.24, 2.45) is 0 Å². The second kappa shape index (κ2) is 9.59. The number of methoxy groups -OCH3 is 1. The molecule has 0 atom stereocenters. The molecule has 0 aliphatic carbocycles. The number of carbonyl (C=O) groups excluding carboxylic acids is 1. The first kappa shape index (κ1) is 24.6. The first-order chi connectivity index (χ1) is 16.6. The van der Waals surface area contributed by atoms with Gasteiger partial charge in [-0.1, -0.05) is 6.07 Å². The van der Waals surface area contributed by atoms with Crippen molar-refractivity contribution in [3.05, 3.63) is 72.3 Å². The van der Waals surface area contributed by atoms with Crippen LogP contribution in [0.5, 0.6) is 5.75 Å². The summed E-state index contributed by atoms with van der Waals surface area (Å²) in [7, 11) is -6.40. The molecule has 35 heavy (non-hydrogen) atoms. The first-order valence-electron chi connectivity index (χ1n) is 10.8. The standard InChI is InChI=1S/C24H25N3O6S2/c1-17-5-14-23(33-2)22(16-17)26-35(31,32)20-10-6-18(7-11-20)25-34(29,30)21-12-8-19(9-13-21)27-15-3-4-24(27)28/h5-14,16,25-26H,3-4,15H2,1-2H3. The molecule has 1 aliphatic rings. The van der Waals surface area contributed by atoms with Crippen LogP contribution in [0.3, 0.4) is 0 Å². The summed E-state index contributed by atoms with van der Waals surface area (Å²) in [6, 6.07) is 16.5. The number of carbonyl (C=O) groups is 1. The highest BCUT2D eigenvalue weighted by Gasteiger charge is 2.23. The first-order valence-corrected chi connectivity index (χ1v) is 13.8. The Labute approximate surface area is 204 Å². The smallest absolute Gasteiger partial charge is 0.262 e. The highest BCUT2D eigenvalue weighted by Crippen LogP contribution is 2.29. The second-order valence-electron chi connectivity index (χ2n) is 8.08. The SMILES string of the molecule is COc1ccc(C)cc1NS(=O)(=O)c1ccc(NS(=O)(=O)c2ccc(N3CCCC3=O)cc2)cc1. The molecule has 1 amide bonds. The van der Waals surface area contributed by atoms with Crippen molar-refractivity contribution in [3.8, 4) is 5.75 Å². The van der Waals surface area contributed by atoms with Gasteiger partial charge in [-0.15, -0.1) is 0 Å². The zero-order valence-corrected chi connectivity index (χ0v) is 20.8. The van der Waals surface area contributed by atoms with Crippen LogP contribution in [0.1, 0.15) is 18.4 Å². The van der Waals surface area contributed by atoms with Crippen LogP contribution in [-0.2, 0) is 24.8 Å². The van der Waals surface area contributed by atoms with Crippen LogP contribution in [0.4, 0.5) is 17.1 Å². The Hall–Kier alpha value is -3.57. The molecule has 3 aromatic carbocycles. The van der Waals surface area contributed by atoms with Gasteiger partial charge in [0.15, 0.2) is 0 Å². The van der Waals surface area contributed by atoms with Crippen molar-refractivity contribution in [3.63, 3.8) is 0 Å². The molecule has 184 valence electrons. The number of rotatable bonds is 8. The Balaban J connectivity index is 1.48. The molecule has 4 rings (SSSR count). The monoisotopic (exact) mass is 515 g/mol. The van der Waals surface area contributed by atoms with Gasteiger partial charge in [0.2, 0.25) is 5.91 Å². The molecule has 0 saturated carbocycles. The van der Waals surface area contributed by atoms with E-state index in [0.29, 0.717) is 30.1 Å². The average Bonchev–Trinajstić information content (AvgIpc) is 3.25. The predicted molar refractivity (Wildman–Crippen MR) is 134 cm³/mol. The van der Waals surface area contributed by atoms with Crippen molar-refractivity contribution in [1.82, 2.24) is 0 Å². The van der Waals surface area contributed by atoms with Crippen LogP contribution in [0, 0.1) is 6.92 Å². The van der Waals surface area contributed by atoms with E-state index in [1.54, 1.807) is 35.2 Å². The molecule has 0 unspecified atom stereocenters. The molecular weight excluding hydrogens is 490 g/mol. The summed E-state index contributed by atoms with van der Waals surface area (Å²) in [5.41, 5.74) is 2.01. The Morgan fingerprint density at radius 1 is 0.829 bits per heavy atom. The Kier molecular flexibility index (Phi) is 6.73. The highest BCUT2D eigenvalue weighted by molar-refractivity contribution is 7.93. The summed E-state index contributed by atoms with van der Waals surface area (Å²) in [5, 5.41) is 0. The molecule has 0 aromatic heterocycles. The number of hydrogen-bond acceptors (Lipinski definition) is 6. The molecule has 2 N–H and O–H groups in total. The van der Waals surface area contributed by atoms with Crippen molar-refractivity contribution in [2.45, 2.75) is 29.6 Å². The lowest BCUT2D eigenvalue weighted by molar-refractivity contribution is -0.117. The van der Waals surface area contributed by atoms with E-state index in [-0.39, 0.29) is 21.4 Å². The topological polar surface area (TPSA) is 122 Å². The maximum Gasteiger partial charge on any atom is 0.262 e. The quantitative estimate of drug-likeness (QED) is 0.471. The maximum absolute atomic E-state index is 12.8. The number of sulfonamides is 2. The fraction of sp³-hybridized carbons (Fsp3) is 0.208. The third kappa shape index (κ3) is 5.41. The van der Waals surface area contributed by atoms with Crippen molar-refractivity contribution < 1.29 is 26.4 Å². The molecule has 1 saturated heterocycles. The number of nitrogens with zero attached hydrogens (tertiary/aromatic N) is 1. The molecule has 1 heterocycles. The van der Waals surface area contributed by atoms with Gasteiger partial charge in [-0.05, 0) is 79.6 Å². The minimum absolute atomic E-state index is 0.0177. The Bertz CT molecular complexity index is 1450. The molecule has 1 fully saturated rings. The maximum atomic E-state index is 12.8. The lowest BCUT2D eigenvalue weighted by Gasteiger charge is -2.16. The van der Waals surface area contributed by atoms with Gasteiger partial charge < -0.3 is 9.64 Å². The third-order valence-corrected chi connectivity index (χ3v) is 8.33. The largest absolute Gasteiger partial charge is 0.495 e. The van der Waals surface area contributed by atoms with E-state index in [1.807, 2.05) is 6.92 Å². The van der Waals surface area contributed by atoms with Gasteiger partial charge >= 0.3 is 0 Å². The van der Waals surface area contributed by atoms with Gasteiger partial charge in [-0.3, -0.25) is 14.2 Å². The van der Waals surface area contributed by atoms with Crippen LogP contribution in [0.2, 0.25) is 0 Å². The number of aryl methyl sites for hydroxylation is 1. The number of nitrogens with one attached hydrogen (secondary N) is 2. The molecule has 1 aliphatic heterocycles. The normalized spacial score (nSPS) is 14.1.